The van der Waals surface area contributed by atoms with Crippen molar-refractivity contribution in [3.05, 3.63) is 52.5 Å². The minimum absolute atomic E-state index is 0.00239. The molecule has 1 fully saturated rings. The molecule has 178 valence electrons. The Balaban J connectivity index is 1.45. The number of amides is 4. The van der Waals surface area contributed by atoms with E-state index < -0.39 is 30.2 Å². The van der Waals surface area contributed by atoms with Gasteiger partial charge in [-0.05, 0) is 25.3 Å². The van der Waals surface area contributed by atoms with Gasteiger partial charge in [0.05, 0.1) is 17.2 Å². The van der Waals surface area contributed by atoms with E-state index in [0.717, 1.165) is 24.2 Å². The van der Waals surface area contributed by atoms with Crippen molar-refractivity contribution in [2.24, 2.45) is 11.8 Å². The highest BCUT2D eigenvalue weighted by molar-refractivity contribution is 6.08. The zero-order valence-corrected chi connectivity index (χ0v) is 19.0. The fourth-order valence-corrected chi connectivity index (χ4v) is 4.46. The Kier molecular flexibility index (Phi) is 6.85. The third kappa shape index (κ3) is 4.48. The number of likely N-dealkylation sites (tertiary alicyclic amines) is 1. The molecule has 2 N–H and O–H groups in total. The average Bonchev–Trinajstić information content (AvgIpc) is 3.09. The van der Waals surface area contributed by atoms with Crippen molar-refractivity contribution in [1.29, 1.82) is 0 Å². The Morgan fingerprint density at radius 1 is 0.971 bits per heavy atom. The highest BCUT2D eigenvalue weighted by Gasteiger charge is 2.47. The molecule has 34 heavy (non-hydrogen) atoms. The molecule has 1 aromatic carbocycles. The van der Waals surface area contributed by atoms with Crippen LogP contribution < -0.4 is 16.4 Å². The van der Waals surface area contributed by atoms with Gasteiger partial charge >= 0.3 is 0 Å². The van der Waals surface area contributed by atoms with Crippen LogP contribution in [0, 0.1) is 11.8 Å². The molecule has 1 saturated heterocycles. The van der Waals surface area contributed by atoms with Crippen LogP contribution in [0.2, 0.25) is 0 Å². The Labute approximate surface area is 196 Å². The predicted molar refractivity (Wildman–Crippen MR) is 123 cm³/mol. The van der Waals surface area contributed by atoms with E-state index in [1.807, 2.05) is 19.1 Å². The monoisotopic (exact) mass is 465 g/mol. The summed E-state index contributed by atoms with van der Waals surface area (Å²) < 4.78 is 1.27. The summed E-state index contributed by atoms with van der Waals surface area (Å²) >= 11 is 0. The zero-order valence-electron chi connectivity index (χ0n) is 19.0. The summed E-state index contributed by atoms with van der Waals surface area (Å²) in [5.74, 6) is -3.00. The zero-order chi connectivity index (χ0) is 24.2. The van der Waals surface area contributed by atoms with Crippen molar-refractivity contribution in [1.82, 2.24) is 25.5 Å². The standard InChI is InChI=1S/C24H27N5O5/c1-2-3-8-13-29-24(34)16-10-5-4-9-15(16)20(27-29)21(31)26-25-19(30)14-28-22(32)17-11-6-7-12-18(17)23(28)33/h4-7,9-10,17-18H,2-3,8,11-14H2,1H3,(H,25,30)(H,26,31). The Hall–Kier alpha value is -3.82. The molecule has 1 aliphatic heterocycles. The fourth-order valence-electron chi connectivity index (χ4n) is 4.46. The van der Waals surface area contributed by atoms with E-state index in [1.54, 1.807) is 24.3 Å². The number of hydrogen-bond donors (Lipinski definition) is 2. The van der Waals surface area contributed by atoms with Crippen molar-refractivity contribution in [2.75, 3.05) is 6.54 Å². The van der Waals surface area contributed by atoms with Gasteiger partial charge in [-0.25, -0.2) is 4.68 Å². The van der Waals surface area contributed by atoms with Crippen LogP contribution in [0.15, 0.2) is 41.2 Å². The van der Waals surface area contributed by atoms with E-state index in [4.69, 9.17) is 0 Å². The van der Waals surface area contributed by atoms with Crippen molar-refractivity contribution in [3.8, 4) is 0 Å². The maximum atomic E-state index is 12.9. The number of hydrazine groups is 1. The summed E-state index contributed by atoms with van der Waals surface area (Å²) in [6, 6.07) is 6.65. The number of aromatic nitrogens is 2. The van der Waals surface area contributed by atoms with E-state index >= 15 is 0 Å². The molecule has 2 heterocycles. The first kappa shape index (κ1) is 23.3. The second kappa shape index (κ2) is 9.98. The minimum atomic E-state index is -0.706. The average molecular weight is 466 g/mol. The summed E-state index contributed by atoms with van der Waals surface area (Å²) in [5, 5.41) is 4.97. The van der Waals surface area contributed by atoms with Crippen LogP contribution in [-0.2, 0) is 20.9 Å². The number of carbonyl (C=O) groups is 4. The van der Waals surface area contributed by atoms with Crippen molar-refractivity contribution in [2.45, 2.75) is 45.6 Å². The second-order valence-corrected chi connectivity index (χ2v) is 8.55. The molecule has 0 spiro atoms. The van der Waals surface area contributed by atoms with Gasteiger partial charge in [0, 0.05) is 11.9 Å². The Morgan fingerprint density at radius 2 is 1.62 bits per heavy atom. The lowest BCUT2D eigenvalue weighted by molar-refractivity contribution is -0.143. The first-order chi connectivity index (χ1) is 16.4. The normalized spacial score (nSPS) is 19.4. The van der Waals surface area contributed by atoms with Gasteiger partial charge in [-0.1, -0.05) is 50.1 Å². The van der Waals surface area contributed by atoms with E-state index in [1.165, 1.54) is 4.68 Å². The number of nitrogens with zero attached hydrogens (tertiary/aromatic N) is 3. The van der Waals surface area contributed by atoms with Gasteiger partial charge in [0.2, 0.25) is 11.8 Å². The molecule has 1 aromatic heterocycles. The number of benzene rings is 1. The molecule has 2 aliphatic rings. The summed E-state index contributed by atoms with van der Waals surface area (Å²) in [5.41, 5.74) is 4.26. The smallest absolute Gasteiger partial charge is 0.274 e. The third-order valence-electron chi connectivity index (χ3n) is 6.27. The highest BCUT2D eigenvalue weighted by atomic mass is 16.2. The van der Waals surface area contributed by atoms with Crippen LogP contribution in [0.3, 0.4) is 0 Å². The predicted octanol–water partition coefficient (Wildman–Crippen LogP) is 1.30. The number of allylic oxidation sites excluding steroid dienone is 2. The SMILES string of the molecule is CCCCCn1nc(C(=O)NNC(=O)CN2C(=O)C3CC=CCC3C2=O)c2ccccc2c1=O. The maximum absolute atomic E-state index is 12.9. The molecule has 10 heteroatoms. The van der Waals surface area contributed by atoms with Gasteiger partial charge in [-0.3, -0.25) is 39.7 Å². The van der Waals surface area contributed by atoms with E-state index in [0.29, 0.717) is 30.2 Å². The van der Waals surface area contributed by atoms with E-state index in [-0.39, 0.29) is 23.1 Å². The number of rotatable bonds is 7. The summed E-state index contributed by atoms with van der Waals surface area (Å²) in [7, 11) is 0. The lowest BCUT2D eigenvalue weighted by atomic mass is 9.85. The molecule has 2 aromatic rings. The van der Waals surface area contributed by atoms with Gasteiger partial charge in [0.15, 0.2) is 5.69 Å². The Bertz CT molecular complexity index is 1210. The third-order valence-corrected chi connectivity index (χ3v) is 6.27. The fraction of sp³-hybridized carbons (Fsp3) is 0.417. The lowest BCUT2D eigenvalue weighted by Crippen LogP contribution is -2.48. The molecule has 4 rings (SSSR count). The second-order valence-electron chi connectivity index (χ2n) is 8.55. The molecule has 2 atom stereocenters. The molecule has 4 amide bonds. The molecule has 0 radical (unpaired) electrons. The number of unbranched alkanes of at least 4 members (excludes halogenated alkanes) is 2. The van der Waals surface area contributed by atoms with Gasteiger partial charge < -0.3 is 0 Å². The molecular weight excluding hydrogens is 438 g/mol. The largest absolute Gasteiger partial charge is 0.290 e. The topological polar surface area (TPSA) is 130 Å². The Morgan fingerprint density at radius 3 is 2.26 bits per heavy atom. The molecule has 0 saturated carbocycles. The summed E-state index contributed by atoms with van der Waals surface area (Å²) in [4.78, 5) is 64.1. The number of nitrogens with one attached hydrogen (secondary N) is 2. The molecule has 0 bridgehead atoms. The minimum Gasteiger partial charge on any atom is -0.274 e. The molecule has 10 nitrogen and oxygen atoms in total. The van der Waals surface area contributed by atoms with Gasteiger partial charge in [-0.2, -0.15) is 5.10 Å². The van der Waals surface area contributed by atoms with Crippen molar-refractivity contribution >= 4 is 34.4 Å². The summed E-state index contributed by atoms with van der Waals surface area (Å²) in [6.45, 7) is 1.95. The van der Waals surface area contributed by atoms with Crippen molar-refractivity contribution < 1.29 is 19.2 Å². The molecular formula is C24H27N5O5. The number of imide groups is 1. The van der Waals surface area contributed by atoms with E-state index in [2.05, 4.69) is 16.0 Å². The van der Waals surface area contributed by atoms with Gasteiger partial charge in [0.25, 0.3) is 17.4 Å². The number of fused-ring (bicyclic) bond motifs is 2. The molecule has 1 aliphatic carbocycles. The highest BCUT2D eigenvalue weighted by Crippen LogP contribution is 2.34. The van der Waals surface area contributed by atoms with Crippen LogP contribution in [0.1, 0.15) is 49.5 Å². The lowest BCUT2D eigenvalue weighted by Gasteiger charge is -2.15. The van der Waals surface area contributed by atoms with Crippen LogP contribution in [0.4, 0.5) is 0 Å². The first-order valence-electron chi connectivity index (χ1n) is 11.5. The van der Waals surface area contributed by atoms with Crippen molar-refractivity contribution in [3.63, 3.8) is 0 Å². The van der Waals surface area contributed by atoms with E-state index in [9.17, 15) is 24.0 Å². The van der Waals surface area contributed by atoms with Crippen LogP contribution in [-0.4, -0.2) is 44.9 Å². The van der Waals surface area contributed by atoms with Gasteiger partial charge in [-0.15, -0.1) is 0 Å². The quantitative estimate of drug-likeness (QED) is 0.274. The van der Waals surface area contributed by atoms with Crippen LogP contribution in [0.5, 0.6) is 0 Å². The maximum Gasteiger partial charge on any atom is 0.290 e. The summed E-state index contributed by atoms with van der Waals surface area (Å²) in [6.07, 6.45) is 7.35. The van der Waals surface area contributed by atoms with Gasteiger partial charge in [0.1, 0.15) is 6.54 Å². The number of hydrogen-bond acceptors (Lipinski definition) is 6. The first-order valence-corrected chi connectivity index (χ1v) is 11.5. The number of aryl methyl sites for hydroxylation is 1. The van der Waals surface area contributed by atoms with Crippen LogP contribution >= 0.6 is 0 Å². The number of carbonyl (C=O) groups excluding carboxylic acids is 4. The van der Waals surface area contributed by atoms with Crippen LogP contribution in [0.25, 0.3) is 10.8 Å². The molecule has 2 unspecified atom stereocenters.